The van der Waals surface area contributed by atoms with E-state index >= 15 is 0 Å². The number of hydrazine groups is 1. The SMILES string of the molecule is CC1=CC2NC=C(C(=O)Nc3cccc(N4CCOCC4)n3)N2NC1c1ccccc1C(F)(F)F. The number of nitrogens with one attached hydrogen (secondary N) is 3. The van der Waals surface area contributed by atoms with Gasteiger partial charge in [-0.1, -0.05) is 29.8 Å². The van der Waals surface area contributed by atoms with Gasteiger partial charge in [0.2, 0.25) is 0 Å². The van der Waals surface area contributed by atoms with Crippen LogP contribution in [0.25, 0.3) is 0 Å². The molecule has 5 rings (SSSR count). The lowest BCUT2D eigenvalue weighted by Crippen LogP contribution is -2.51. The molecule has 3 aliphatic heterocycles. The van der Waals surface area contributed by atoms with Crippen molar-refractivity contribution in [2.45, 2.75) is 25.3 Å². The summed E-state index contributed by atoms with van der Waals surface area (Å²) in [6.07, 6.45) is -1.55. The first-order valence-corrected chi connectivity index (χ1v) is 11.3. The Hall–Kier alpha value is -3.57. The topological polar surface area (TPSA) is 81.8 Å². The van der Waals surface area contributed by atoms with E-state index in [0.717, 1.165) is 11.9 Å². The van der Waals surface area contributed by atoms with Crippen molar-refractivity contribution in [2.75, 3.05) is 36.5 Å². The van der Waals surface area contributed by atoms with E-state index in [0.29, 0.717) is 37.7 Å². The van der Waals surface area contributed by atoms with Crippen molar-refractivity contribution in [3.8, 4) is 0 Å². The second-order valence-electron chi connectivity index (χ2n) is 8.50. The molecule has 1 amide bonds. The minimum atomic E-state index is -4.49. The van der Waals surface area contributed by atoms with Crippen molar-refractivity contribution in [1.82, 2.24) is 20.7 Å². The Morgan fingerprint density at radius 3 is 2.69 bits per heavy atom. The predicted molar refractivity (Wildman–Crippen MR) is 124 cm³/mol. The molecule has 0 radical (unpaired) electrons. The van der Waals surface area contributed by atoms with E-state index in [1.807, 2.05) is 18.2 Å². The molecule has 3 aliphatic rings. The standard InChI is InChI=1S/C24H25F3N6O2/c1-15-13-21-28-14-18(33(21)31-22(15)16-5-2-3-6-17(16)24(25,26)27)23(34)30-19-7-4-8-20(29-19)32-9-11-35-12-10-32/h2-8,13-14,21-22,28,31H,9-12H2,1H3,(H,29,30,34). The molecule has 2 atom stereocenters. The normalized spacial score (nSPS) is 22.2. The van der Waals surface area contributed by atoms with Crippen LogP contribution in [0.2, 0.25) is 0 Å². The molecule has 35 heavy (non-hydrogen) atoms. The largest absolute Gasteiger partial charge is 0.416 e. The Kier molecular flexibility index (Phi) is 6.12. The molecule has 8 nitrogen and oxygen atoms in total. The minimum Gasteiger partial charge on any atom is -0.378 e. The molecule has 0 bridgehead atoms. The summed E-state index contributed by atoms with van der Waals surface area (Å²) < 4.78 is 46.3. The predicted octanol–water partition coefficient (Wildman–Crippen LogP) is 3.15. The van der Waals surface area contributed by atoms with Crippen LogP contribution >= 0.6 is 0 Å². The van der Waals surface area contributed by atoms with Gasteiger partial charge in [0, 0.05) is 19.3 Å². The van der Waals surface area contributed by atoms with Crippen molar-refractivity contribution < 1.29 is 22.7 Å². The van der Waals surface area contributed by atoms with Gasteiger partial charge in [0.05, 0.1) is 24.8 Å². The van der Waals surface area contributed by atoms with Crippen LogP contribution in [0.1, 0.15) is 24.1 Å². The van der Waals surface area contributed by atoms with E-state index in [-0.39, 0.29) is 11.3 Å². The first-order chi connectivity index (χ1) is 16.8. The summed E-state index contributed by atoms with van der Waals surface area (Å²) in [5, 5.41) is 7.43. The zero-order chi connectivity index (χ0) is 24.6. The van der Waals surface area contributed by atoms with Gasteiger partial charge < -0.3 is 20.3 Å². The molecule has 11 heteroatoms. The number of anilines is 2. The molecule has 1 aromatic heterocycles. The number of alkyl halides is 3. The molecule has 1 aromatic carbocycles. The van der Waals surface area contributed by atoms with Gasteiger partial charge in [0.25, 0.3) is 5.91 Å². The Labute approximate surface area is 200 Å². The number of aromatic nitrogens is 1. The number of amides is 1. The lowest BCUT2D eigenvalue weighted by Gasteiger charge is -2.38. The molecule has 0 saturated carbocycles. The fourth-order valence-electron chi connectivity index (χ4n) is 4.46. The number of benzene rings is 1. The number of hydrogen-bond donors (Lipinski definition) is 3. The summed E-state index contributed by atoms with van der Waals surface area (Å²) in [5.74, 6) is 0.682. The summed E-state index contributed by atoms with van der Waals surface area (Å²) in [7, 11) is 0. The van der Waals surface area contributed by atoms with Crippen molar-refractivity contribution in [3.05, 3.63) is 77.1 Å². The smallest absolute Gasteiger partial charge is 0.378 e. The average Bonchev–Trinajstić information content (AvgIpc) is 3.26. The molecule has 0 spiro atoms. The van der Waals surface area contributed by atoms with E-state index in [2.05, 4.69) is 25.9 Å². The summed E-state index contributed by atoms with van der Waals surface area (Å²) >= 11 is 0. The van der Waals surface area contributed by atoms with Crippen LogP contribution in [-0.4, -0.2) is 48.4 Å². The molecular weight excluding hydrogens is 461 g/mol. The zero-order valence-electron chi connectivity index (χ0n) is 19.0. The van der Waals surface area contributed by atoms with Gasteiger partial charge in [0.15, 0.2) is 0 Å². The van der Waals surface area contributed by atoms with Gasteiger partial charge in [-0.15, -0.1) is 0 Å². The Bertz CT molecular complexity index is 1180. The highest BCUT2D eigenvalue weighted by atomic mass is 19.4. The molecule has 2 unspecified atom stereocenters. The van der Waals surface area contributed by atoms with Gasteiger partial charge in [-0.3, -0.25) is 9.80 Å². The third kappa shape index (κ3) is 4.69. The maximum atomic E-state index is 13.6. The third-order valence-corrected chi connectivity index (χ3v) is 6.19. The fourth-order valence-corrected chi connectivity index (χ4v) is 4.46. The highest BCUT2D eigenvalue weighted by Gasteiger charge is 2.40. The molecular formula is C24H25F3N6O2. The highest BCUT2D eigenvalue weighted by Crippen LogP contribution is 2.38. The Morgan fingerprint density at radius 1 is 1.14 bits per heavy atom. The third-order valence-electron chi connectivity index (χ3n) is 6.19. The van der Waals surface area contributed by atoms with Crippen molar-refractivity contribution >= 4 is 17.5 Å². The van der Waals surface area contributed by atoms with Crippen LogP contribution < -0.4 is 21.0 Å². The van der Waals surface area contributed by atoms with Gasteiger partial charge in [0.1, 0.15) is 23.5 Å². The maximum Gasteiger partial charge on any atom is 0.416 e. The number of halogens is 3. The zero-order valence-corrected chi connectivity index (χ0v) is 19.0. The maximum absolute atomic E-state index is 13.6. The summed E-state index contributed by atoms with van der Waals surface area (Å²) in [6, 6.07) is 10.1. The van der Waals surface area contributed by atoms with Crippen LogP contribution in [0, 0.1) is 0 Å². The minimum absolute atomic E-state index is 0.0961. The highest BCUT2D eigenvalue weighted by molar-refractivity contribution is 6.03. The van der Waals surface area contributed by atoms with Gasteiger partial charge in [-0.2, -0.15) is 13.2 Å². The quantitative estimate of drug-likeness (QED) is 0.573. The van der Waals surface area contributed by atoms with Crippen LogP contribution in [0.5, 0.6) is 0 Å². The lowest BCUT2D eigenvalue weighted by atomic mass is 9.93. The number of rotatable bonds is 4. The number of ether oxygens (including phenoxy) is 1. The van der Waals surface area contributed by atoms with Crippen LogP contribution in [0.3, 0.4) is 0 Å². The van der Waals surface area contributed by atoms with Crippen molar-refractivity contribution in [3.63, 3.8) is 0 Å². The number of carbonyl (C=O) groups is 1. The molecule has 1 saturated heterocycles. The molecule has 3 N–H and O–H groups in total. The molecule has 2 aromatic rings. The van der Waals surface area contributed by atoms with Gasteiger partial charge in [-0.25, -0.2) is 10.4 Å². The van der Waals surface area contributed by atoms with Crippen molar-refractivity contribution in [2.24, 2.45) is 0 Å². The fraction of sp³-hybridized carbons (Fsp3) is 0.333. The molecule has 184 valence electrons. The lowest BCUT2D eigenvalue weighted by molar-refractivity contribution is -0.138. The van der Waals surface area contributed by atoms with E-state index in [1.54, 1.807) is 30.3 Å². The van der Waals surface area contributed by atoms with Gasteiger partial charge in [-0.05, 0) is 36.8 Å². The monoisotopic (exact) mass is 486 g/mol. The van der Waals surface area contributed by atoms with Crippen LogP contribution in [-0.2, 0) is 15.7 Å². The molecule has 4 heterocycles. The Balaban J connectivity index is 1.34. The molecule has 0 aliphatic carbocycles. The van der Waals surface area contributed by atoms with Crippen LogP contribution in [0.15, 0.2) is 66.0 Å². The van der Waals surface area contributed by atoms with E-state index in [9.17, 15) is 18.0 Å². The number of pyridine rings is 1. The number of nitrogens with zero attached hydrogens (tertiary/aromatic N) is 3. The van der Waals surface area contributed by atoms with Crippen molar-refractivity contribution in [1.29, 1.82) is 0 Å². The first kappa shape index (κ1) is 23.2. The Morgan fingerprint density at radius 2 is 1.91 bits per heavy atom. The second-order valence-corrected chi connectivity index (χ2v) is 8.50. The number of hydrogen-bond acceptors (Lipinski definition) is 7. The number of fused-ring (bicyclic) bond motifs is 1. The first-order valence-electron chi connectivity index (χ1n) is 11.3. The van der Waals surface area contributed by atoms with Crippen LogP contribution in [0.4, 0.5) is 24.8 Å². The number of morpholine rings is 1. The van der Waals surface area contributed by atoms with Gasteiger partial charge >= 0.3 is 6.18 Å². The van der Waals surface area contributed by atoms with E-state index in [1.165, 1.54) is 12.1 Å². The molecule has 1 fully saturated rings. The summed E-state index contributed by atoms with van der Waals surface area (Å²) in [4.78, 5) is 19.8. The summed E-state index contributed by atoms with van der Waals surface area (Å²) in [6.45, 7) is 4.43. The van der Waals surface area contributed by atoms with E-state index in [4.69, 9.17) is 4.74 Å². The number of carbonyl (C=O) groups excluding carboxylic acids is 1. The van der Waals surface area contributed by atoms with E-state index < -0.39 is 29.9 Å². The average molecular weight is 486 g/mol. The second kappa shape index (κ2) is 9.23. The summed E-state index contributed by atoms with van der Waals surface area (Å²) in [5.41, 5.74) is 3.44.